The number of nitrogens with one attached hydrogen (secondary N) is 3. The molecule has 23 heavy (non-hydrogen) atoms. The van der Waals surface area contributed by atoms with Crippen molar-refractivity contribution in [1.29, 1.82) is 0 Å². The van der Waals surface area contributed by atoms with E-state index in [0.29, 0.717) is 16.6 Å². The van der Waals surface area contributed by atoms with Gasteiger partial charge in [-0.25, -0.2) is 0 Å². The molecule has 0 radical (unpaired) electrons. The van der Waals surface area contributed by atoms with Crippen LogP contribution in [0.2, 0.25) is 0 Å². The van der Waals surface area contributed by atoms with Crippen molar-refractivity contribution in [2.75, 3.05) is 24.9 Å². The first-order valence-corrected chi connectivity index (χ1v) is 7.47. The average molecular weight is 327 g/mol. The summed E-state index contributed by atoms with van der Waals surface area (Å²) in [5, 5.41) is 7.96. The number of rotatable bonds is 4. The molecule has 0 saturated carbocycles. The summed E-state index contributed by atoms with van der Waals surface area (Å²) >= 11 is 5.36. The molecule has 118 valence electrons. The molecule has 0 bridgehead atoms. The smallest absolute Gasteiger partial charge is 0.175 e. The van der Waals surface area contributed by atoms with Crippen LogP contribution in [0.15, 0.2) is 48.7 Å². The van der Waals surface area contributed by atoms with Gasteiger partial charge in [0.05, 0.1) is 14.2 Å². The van der Waals surface area contributed by atoms with Crippen molar-refractivity contribution in [3.05, 3.63) is 48.7 Å². The molecular weight excluding hydrogens is 310 g/mol. The summed E-state index contributed by atoms with van der Waals surface area (Å²) in [7, 11) is 3.21. The SMILES string of the molecule is COc1ccc(NC(=S)Nc2ccc3cc[nH]c3c2)cc1OC. The molecule has 3 N–H and O–H groups in total. The van der Waals surface area contributed by atoms with Crippen molar-refractivity contribution in [2.24, 2.45) is 0 Å². The molecule has 0 spiro atoms. The molecule has 1 heterocycles. The molecule has 6 heteroatoms. The van der Waals surface area contributed by atoms with Crippen molar-refractivity contribution in [1.82, 2.24) is 4.98 Å². The maximum absolute atomic E-state index is 5.36. The number of aromatic nitrogens is 1. The Morgan fingerprint density at radius 3 is 2.35 bits per heavy atom. The zero-order chi connectivity index (χ0) is 16.2. The van der Waals surface area contributed by atoms with Gasteiger partial charge in [0.1, 0.15) is 0 Å². The Bertz CT molecular complexity index is 845. The van der Waals surface area contributed by atoms with Gasteiger partial charge in [0, 0.05) is 29.2 Å². The third-order valence-electron chi connectivity index (χ3n) is 3.45. The number of anilines is 2. The molecule has 0 aliphatic rings. The number of benzene rings is 2. The van der Waals surface area contributed by atoms with E-state index in [9.17, 15) is 0 Å². The molecule has 2 aromatic carbocycles. The highest BCUT2D eigenvalue weighted by Crippen LogP contribution is 2.29. The van der Waals surface area contributed by atoms with Gasteiger partial charge in [-0.15, -0.1) is 0 Å². The third kappa shape index (κ3) is 3.37. The first kappa shape index (κ1) is 15.2. The molecule has 0 aliphatic carbocycles. The second-order valence-corrected chi connectivity index (χ2v) is 5.34. The highest BCUT2D eigenvalue weighted by Gasteiger charge is 2.06. The van der Waals surface area contributed by atoms with E-state index in [1.165, 1.54) is 0 Å². The molecular formula is C17H17N3O2S. The van der Waals surface area contributed by atoms with Gasteiger partial charge in [0.15, 0.2) is 16.6 Å². The minimum atomic E-state index is 0.503. The van der Waals surface area contributed by atoms with Crippen molar-refractivity contribution in [2.45, 2.75) is 0 Å². The number of ether oxygens (including phenoxy) is 2. The Morgan fingerprint density at radius 2 is 1.61 bits per heavy atom. The third-order valence-corrected chi connectivity index (χ3v) is 3.66. The quantitative estimate of drug-likeness (QED) is 0.633. The minimum absolute atomic E-state index is 0.503. The van der Waals surface area contributed by atoms with Gasteiger partial charge in [-0.1, -0.05) is 6.07 Å². The number of hydrogen-bond donors (Lipinski definition) is 3. The summed E-state index contributed by atoms with van der Waals surface area (Å²) in [6, 6.07) is 13.6. The molecule has 5 nitrogen and oxygen atoms in total. The monoisotopic (exact) mass is 327 g/mol. The lowest BCUT2D eigenvalue weighted by Crippen LogP contribution is -2.19. The number of H-pyrrole nitrogens is 1. The first-order valence-electron chi connectivity index (χ1n) is 7.07. The van der Waals surface area contributed by atoms with Crippen LogP contribution >= 0.6 is 12.2 Å². The van der Waals surface area contributed by atoms with Gasteiger partial charge in [-0.3, -0.25) is 0 Å². The van der Waals surface area contributed by atoms with E-state index < -0.39 is 0 Å². The van der Waals surface area contributed by atoms with Gasteiger partial charge in [-0.2, -0.15) is 0 Å². The van der Waals surface area contributed by atoms with E-state index in [0.717, 1.165) is 22.3 Å². The van der Waals surface area contributed by atoms with Crippen LogP contribution in [0.5, 0.6) is 11.5 Å². The van der Waals surface area contributed by atoms with Crippen molar-refractivity contribution >= 4 is 39.6 Å². The van der Waals surface area contributed by atoms with Crippen molar-refractivity contribution in [3.63, 3.8) is 0 Å². The molecule has 0 aliphatic heterocycles. The predicted octanol–water partition coefficient (Wildman–Crippen LogP) is 3.99. The van der Waals surface area contributed by atoms with Crippen LogP contribution in [0.1, 0.15) is 0 Å². The molecule has 0 atom stereocenters. The highest BCUT2D eigenvalue weighted by atomic mass is 32.1. The Morgan fingerprint density at radius 1 is 0.913 bits per heavy atom. The first-order chi connectivity index (χ1) is 11.2. The Kier molecular flexibility index (Phi) is 4.34. The fraction of sp³-hybridized carbons (Fsp3) is 0.118. The molecule has 1 aromatic heterocycles. The van der Waals surface area contributed by atoms with Gasteiger partial charge in [-0.05, 0) is 47.9 Å². The van der Waals surface area contributed by atoms with Crippen LogP contribution in [-0.2, 0) is 0 Å². The van der Waals surface area contributed by atoms with Crippen LogP contribution < -0.4 is 20.1 Å². The Balaban J connectivity index is 1.71. The van der Waals surface area contributed by atoms with Crippen molar-refractivity contribution < 1.29 is 9.47 Å². The summed E-state index contributed by atoms with van der Waals surface area (Å²) in [4.78, 5) is 3.18. The summed E-state index contributed by atoms with van der Waals surface area (Å²) in [5.41, 5.74) is 2.79. The standard InChI is InChI=1S/C17H17N3O2S/c1-21-15-6-5-13(10-16(15)22-2)20-17(23)19-12-4-3-11-7-8-18-14(11)9-12/h3-10,18H,1-2H3,(H2,19,20,23). The second kappa shape index (κ2) is 6.58. The summed E-state index contributed by atoms with van der Waals surface area (Å²) < 4.78 is 10.5. The zero-order valence-electron chi connectivity index (χ0n) is 12.8. The fourth-order valence-electron chi connectivity index (χ4n) is 2.33. The van der Waals surface area contributed by atoms with Crippen LogP contribution in [0.4, 0.5) is 11.4 Å². The molecule has 0 saturated heterocycles. The Hall–Kier alpha value is -2.73. The maximum Gasteiger partial charge on any atom is 0.175 e. The highest BCUT2D eigenvalue weighted by molar-refractivity contribution is 7.80. The fourth-order valence-corrected chi connectivity index (χ4v) is 2.57. The maximum atomic E-state index is 5.36. The summed E-state index contributed by atoms with van der Waals surface area (Å²) in [6.07, 6.45) is 1.91. The predicted molar refractivity (Wildman–Crippen MR) is 97.7 cm³/mol. The average Bonchev–Trinajstić information content (AvgIpc) is 3.02. The van der Waals surface area contributed by atoms with E-state index in [4.69, 9.17) is 21.7 Å². The van der Waals surface area contributed by atoms with E-state index >= 15 is 0 Å². The summed E-state index contributed by atoms with van der Waals surface area (Å²) in [6.45, 7) is 0. The number of hydrogen-bond acceptors (Lipinski definition) is 3. The number of thiocarbonyl (C=S) groups is 1. The lowest BCUT2D eigenvalue weighted by Gasteiger charge is -2.13. The normalized spacial score (nSPS) is 10.3. The van der Waals surface area contributed by atoms with Gasteiger partial charge in [0.2, 0.25) is 0 Å². The zero-order valence-corrected chi connectivity index (χ0v) is 13.7. The van der Waals surface area contributed by atoms with E-state index in [1.807, 2.05) is 48.7 Å². The van der Waals surface area contributed by atoms with Gasteiger partial charge < -0.3 is 25.1 Å². The Labute approximate surface area is 139 Å². The largest absolute Gasteiger partial charge is 0.493 e. The topological polar surface area (TPSA) is 58.3 Å². The van der Waals surface area contributed by atoms with E-state index in [2.05, 4.69) is 15.6 Å². The van der Waals surface area contributed by atoms with Crippen LogP contribution in [0.3, 0.4) is 0 Å². The number of aromatic amines is 1. The minimum Gasteiger partial charge on any atom is -0.493 e. The van der Waals surface area contributed by atoms with Crippen LogP contribution in [-0.4, -0.2) is 24.3 Å². The number of methoxy groups -OCH3 is 2. The summed E-state index contributed by atoms with van der Waals surface area (Å²) in [5.74, 6) is 1.32. The molecule has 0 unspecified atom stereocenters. The number of fused-ring (bicyclic) bond motifs is 1. The van der Waals surface area contributed by atoms with Gasteiger partial charge in [0.25, 0.3) is 0 Å². The molecule has 0 amide bonds. The molecule has 3 aromatic rings. The molecule has 3 rings (SSSR count). The van der Waals surface area contributed by atoms with Crippen molar-refractivity contribution in [3.8, 4) is 11.5 Å². The molecule has 0 fully saturated rings. The van der Waals surface area contributed by atoms with E-state index in [1.54, 1.807) is 14.2 Å². The second-order valence-electron chi connectivity index (χ2n) is 4.93. The van der Waals surface area contributed by atoms with E-state index in [-0.39, 0.29) is 0 Å². The van der Waals surface area contributed by atoms with Crippen LogP contribution in [0, 0.1) is 0 Å². The van der Waals surface area contributed by atoms with Crippen LogP contribution in [0.25, 0.3) is 10.9 Å². The lowest BCUT2D eigenvalue weighted by molar-refractivity contribution is 0.355. The van der Waals surface area contributed by atoms with Gasteiger partial charge >= 0.3 is 0 Å². The lowest BCUT2D eigenvalue weighted by atomic mass is 10.2.